The number of aliphatic carboxylic acids is 1. The number of nitrogens with one attached hydrogen (secondary N) is 1. The third-order valence-electron chi connectivity index (χ3n) is 1.65. The van der Waals surface area contributed by atoms with Crippen LogP contribution in [0, 0.1) is 0 Å². The number of nitrogens with two attached hydrogens (primary N) is 1. The SMILES string of the molecule is CCC(=O)NCCC[C@H](N)C(=O)O. The van der Waals surface area contributed by atoms with Crippen LogP contribution in [0.25, 0.3) is 0 Å². The number of hydrogen-bond donors (Lipinski definition) is 3. The molecule has 13 heavy (non-hydrogen) atoms. The average molecular weight is 188 g/mol. The minimum absolute atomic E-state index is 0.0242. The van der Waals surface area contributed by atoms with Gasteiger partial charge in [-0.2, -0.15) is 0 Å². The summed E-state index contributed by atoms with van der Waals surface area (Å²) in [5.41, 5.74) is 5.25. The van der Waals surface area contributed by atoms with Gasteiger partial charge in [0.1, 0.15) is 6.04 Å². The highest BCUT2D eigenvalue weighted by atomic mass is 16.4. The van der Waals surface area contributed by atoms with Gasteiger partial charge in [-0.25, -0.2) is 0 Å². The van der Waals surface area contributed by atoms with Crippen molar-refractivity contribution in [2.75, 3.05) is 6.54 Å². The molecular formula is C8H16N2O3. The van der Waals surface area contributed by atoms with E-state index in [0.29, 0.717) is 25.8 Å². The molecule has 0 radical (unpaired) electrons. The van der Waals surface area contributed by atoms with E-state index < -0.39 is 12.0 Å². The van der Waals surface area contributed by atoms with Gasteiger partial charge in [-0.3, -0.25) is 9.59 Å². The molecule has 0 aliphatic rings. The van der Waals surface area contributed by atoms with Crippen molar-refractivity contribution in [3.8, 4) is 0 Å². The Morgan fingerprint density at radius 3 is 2.62 bits per heavy atom. The first-order valence-corrected chi connectivity index (χ1v) is 4.33. The number of rotatable bonds is 6. The maximum absolute atomic E-state index is 10.7. The average Bonchev–Trinajstić information content (AvgIpc) is 2.11. The van der Waals surface area contributed by atoms with Crippen molar-refractivity contribution < 1.29 is 14.7 Å². The van der Waals surface area contributed by atoms with E-state index in [1.807, 2.05) is 0 Å². The molecule has 0 fully saturated rings. The van der Waals surface area contributed by atoms with Gasteiger partial charge >= 0.3 is 5.97 Å². The van der Waals surface area contributed by atoms with Crippen LogP contribution in [-0.2, 0) is 9.59 Å². The number of carbonyl (C=O) groups excluding carboxylic acids is 1. The second-order valence-corrected chi connectivity index (χ2v) is 2.79. The Bertz CT molecular complexity index is 182. The van der Waals surface area contributed by atoms with Gasteiger partial charge in [0.25, 0.3) is 0 Å². The van der Waals surface area contributed by atoms with Gasteiger partial charge in [-0.1, -0.05) is 6.92 Å². The number of carbonyl (C=O) groups is 2. The lowest BCUT2D eigenvalue weighted by atomic mass is 10.2. The molecule has 4 N–H and O–H groups in total. The molecule has 0 aromatic heterocycles. The van der Waals surface area contributed by atoms with Crippen LogP contribution in [0.3, 0.4) is 0 Å². The molecule has 0 heterocycles. The van der Waals surface area contributed by atoms with Crippen LogP contribution in [0.5, 0.6) is 0 Å². The van der Waals surface area contributed by atoms with Crippen LogP contribution < -0.4 is 11.1 Å². The van der Waals surface area contributed by atoms with Crippen LogP contribution in [0.4, 0.5) is 0 Å². The highest BCUT2D eigenvalue weighted by molar-refractivity contribution is 5.75. The summed E-state index contributed by atoms with van der Waals surface area (Å²) in [5, 5.41) is 11.1. The van der Waals surface area contributed by atoms with Crippen LogP contribution in [-0.4, -0.2) is 29.6 Å². The van der Waals surface area contributed by atoms with E-state index in [1.54, 1.807) is 6.92 Å². The summed E-state index contributed by atoms with van der Waals surface area (Å²) in [6.07, 6.45) is 1.43. The van der Waals surface area contributed by atoms with E-state index in [0.717, 1.165) is 0 Å². The number of carboxylic acids is 1. The maximum Gasteiger partial charge on any atom is 0.320 e. The van der Waals surface area contributed by atoms with Crippen molar-refractivity contribution >= 4 is 11.9 Å². The molecule has 0 spiro atoms. The van der Waals surface area contributed by atoms with Crippen LogP contribution in [0.1, 0.15) is 26.2 Å². The van der Waals surface area contributed by atoms with Gasteiger partial charge in [0, 0.05) is 13.0 Å². The molecule has 0 aliphatic heterocycles. The zero-order valence-electron chi connectivity index (χ0n) is 7.75. The molecule has 0 aliphatic carbocycles. The fourth-order valence-corrected chi connectivity index (χ4v) is 0.798. The molecule has 0 rings (SSSR count). The van der Waals surface area contributed by atoms with E-state index in [1.165, 1.54) is 0 Å². The molecule has 0 bridgehead atoms. The molecule has 0 aromatic carbocycles. The van der Waals surface area contributed by atoms with Crippen molar-refractivity contribution in [1.82, 2.24) is 5.32 Å². The van der Waals surface area contributed by atoms with Crippen LogP contribution in [0.2, 0.25) is 0 Å². The number of hydrogen-bond acceptors (Lipinski definition) is 3. The van der Waals surface area contributed by atoms with Crippen molar-refractivity contribution in [3.63, 3.8) is 0 Å². The molecule has 0 saturated carbocycles. The Labute approximate surface area is 77.3 Å². The molecule has 1 amide bonds. The molecule has 5 nitrogen and oxygen atoms in total. The number of amides is 1. The van der Waals surface area contributed by atoms with Crippen molar-refractivity contribution in [2.24, 2.45) is 5.73 Å². The molecule has 5 heteroatoms. The monoisotopic (exact) mass is 188 g/mol. The Morgan fingerprint density at radius 1 is 1.54 bits per heavy atom. The van der Waals surface area contributed by atoms with Crippen molar-refractivity contribution in [1.29, 1.82) is 0 Å². The molecule has 76 valence electrons. The Hall–Kier alpha value is -1.10. The quantitative estimate of drug-likeness (QED) is 0.499. The first-order valence-electron chi connectivity index (χ1n) is 4.33. The Morgan fingerprint density at radius 2 is 2.15 bits per heavy atom. The fourth-order valence-electron chi connectivity index (χ4n) is 0.798. The van der Waals surface area contributed by atoms with Gasteiger partial charge in [-0.05, 0) is 12.8 Å². The summed E-state index contributed by atoms with van der Waals surface area (Å²) < 4.78 is 0. The molecule has 0 unspecified atom stereocenters. The van der Waals surface area contributed by atoms with Gasteiger partial charge in [0.15, 0.2) is 0 Å². The Balaban J connectivity index is 3.35. The number of carboxylic acid groups (broad SMARTS) is 1. The minimum Gasteiger partial charge on any atom is -0.480 e. The third-order valence-corrected chi connectivity index (χ3v) is 1.65. The van der Waals surface area contributed by atoms with E-state index in [2.05, 4.69) is 5.32 Å². The smallest absolute Gasteiger partial charge is 0.320 e. The lowest BCUT2D eigenvalue weighted by molar-refractivity contribution is -0.138. The van der Waals surface area contributed by atoms with Gasteiger partial charge < -0.3 is 16.2 Å². The standard InChI is InChI=1S/C8H16N2O3/c1-2-7(11)10-5-3-4-6(9)8(12)13/h6H,2-5,9H2,1H3,(H,10,11)(H,12,13)/t6-/m0/s1. The van der Waals surface area contributed by atoms with Crippen LogP contribution in [0.15, 0.2) is 0 Å². The lowest BCUT2D eigenvalue weighted by Gasteiger charge is -2.06. The minimum atomic E-state index is -0.998. The summed E-state index contributed by atoms with van der Waals surface area (Å²) in [6.45, 7) is 2.26. The third kappa shape index (κ3) is 6.10. The summed E-state index contributed by atoms with van der Waals surface area (Å²) >= 11 is 0. The zero-order chi connectivity index (χ0) is 10.3. The summed E-state index contributed by atoms with van der Waals surface area (Å²) in [5.74, 6) is -1.02. The molecular weight excluding hydrogens is 172 g/mol. The van der Waals surface area contributed by atoms with E-state index in [-0.39, 0.29) is 5.91 Å². The maximum atomic E-state index is 10.7. The van der Waals surface area contributed by atoms with E-state index >= 15 is 0 Å². The molecule has 0 saturated heterocycles. The predicted molar refractivity (Wildman–Crippen MR) is 48.1 cm³/mol. The molecule has 0 aromatic rings. The normalized spacial score (nSPS) is 12.2. The second kappa shape index (κ2) is 6.42. The van der Waals surface area contributed by atoms with Crippen molar-refractivity contribution in [3.05, 3.63) is 0 Å². The van der Waals surface area contributed by atoms with Gasteiger partial charge in [0.05, 0.1) is 0 Å². The highest BCUT2D eigenvalue weighted by Crippen LogP contribution is 1.93. The van der Waals surface area contributed by atoms with Crippen LogP contribution >= 0.6 is 0 Å². The van der Waals surface area contributed by atoms with Gasteiger partial charge in [-0.15, -0.1) is 0 Å². The van der Waals surface area contributed by atoms with E-state index in [4.69, 9.17) is 10.8 Å². The second-order valence-electron chi connectivity index (χ2n) is 2.79. The predicted octanol–water partition coefficient (Wildman–Crippen LogP) is -0.295. The van der Waals surface area contributed by atoms with E-state index in [9.17, 15) is 9.59 Å². The largest absolute Gasteiger partial charge is 0.480 e. The highest BCUT2D eigenvalue weighted by Gasteiger charge is 2.09. The molecule has 1 atom stereocenters. The summed E-state index contributed by atoms with van der Waals surface area (Å²) in [6, 6.07) is -0.821. The zero-order valence-corrected chi connectivity index (χ0v) is 7.75. The first kappa shape index (κ1) is 11.9. The Kier molecular flexibility index (Phi) is 5.88. The van der Waals surface area contributed by atoms with Crippen molar-refractivity contribution in [2.45, 2.75) is 32.2 Å². The van der Waals surface area contributed by atoms with Gasteiger partial charge in [0.2, 0.25) is 5.91 Å². The summed E-state index contributed by atoms with van der Waals surface area (Å²) in [4.78, 5) is 21.0. The summed E-state index contributed by atoms with van der Waals surface area (Å²) in [7, 11) is 0. The first-order chi connectivity index (χ1) is 6.07. The fraction of sp³-hybridized carbons (Fsp3) is 0.750. The topological polar surface area (TPSA) is 92.4 Å². The lowest BCUT2D eigenvalue weighted by Crippen LogP contribution is -2.31.